The highest BCUT2D eigenvalue weighted by Gasteiger charge is 2.37. The number of likely N-dealkylation sites (N-methyl/N-ethyl adjacent to an activating group) is 1. The molecule has 3 unspecified atom stereocenters. The van der Waals surface area contributed by atoms with Gasteiger partial charge in [0.2, 0.25) is 0 Å². The third-order valence-corrected chi connectivity index (χ3v) is 12.0. The Morgan fingerprint density at radius 2 is 2.00 bits per heavy atom. The number of hydrogen-bond acceptors (Lipinski definition) is 9. The van der Waals surface area contributed by atoms with Gasteiger partial charge in [0.15, 0.2) is 5.82 Å². The second-order valence-electron chi connectivity index (χ2n) is 13.8. The monoisotopic (exact) mass is 663 g/mol. The van der Waals surface area contributed by atoms with Crippen molar-refractivity contribution in [1.29, 1.82) is 5.26 Å². The van der Waals surface area contributed by atoms with E-state index in [4.69, 9.17) is 21.3 Å². The molecule has 4 fully saturated rings. The summed E-state index contributed by atoms with van der Waals surface area (Å²) in [5.41, 5.74) is 0.646. The number of thiophene rings is 1. The summed E-state index contributed by atoms with van der Waals surface area (Å²) in [5.74, 6) is -0.0420. The van der Waals surface area contributed by atoms with Crippen molar-refractivity contribution >= 4 is 54.7 Å². The Labute approximate surface area is 275 Å². The van der Waals surface area contributed by atoms with Gasteiger partial charge in [0.05, 0.1) is 20.8 Å². The van der Waals surface area contributed by atoms with Gasteiger partial charge < -0.3 is 20.3 Å². The first-order chi connectivity index (χ1) is 22.1. The van der Waals surface area contributed by atoms with E-state index in [1.54, 1.807) is 6.07 Å². The van der Waals surface area contributed by atoms with Crippen LogP contribution < -0.4 is 20.3 Å². The van der Waals surface area contributed by atoms with Crippen molar-refractivity contribution < 1.29 is 13.5 Å². The average Bonchev–Trinajstić information content (AvgIpc) is 3.29. The Morgan fingerprint density at radius 3 is 2.67 bits per heavy atom. The zero-order valence-corrected chi connectivity index (χ0v) is 27.7. The van der Waals surface area contributed by atoms with E-state index in [-0.39, 0.29) is 38.4 Å². The third kappa shape index (κ3) is 4.96. The number of hydrogen-bond donors (Lipinski definition) is 2. The highest BCUT2D eigenvalue weighted by molar-refractivity contribution is 7.23. The van der Waals surface area contributed by atoms with Crippen molar-refractivity contribution in [3.63, 3.8) is 0 Å². The quantitative estimate of drug-likeness (QED) is 0.220. The van der Waals surface area contributed by atoms with Gasteiger partial charge in [0, 0.05) is 47.6 Å². The van der Waals surface area contributed by atoms with Crippen LogP contribution in [0.25, 0.3) is 32.1 Å². The maximum Gasteiger partial charge on any atom is 0.319 e. The van der Waals surface area contributed by atoms with Crippen LogP contribution in [0.3, 0.4) is 0 Å². The zero-order chi connectivity index (χ0) is 31.9. The van der Waals surface area contributed by atoms with Crippen molar-refractivity contribution in [3.05, 3.63) is 40.4 Å². The fraction of sp³-hybridized carbons (Fsp3) is 0.500. The summed E-state index contributed by atoms with van der Waals surface area (Å²) in [7, 11) is 2.09. The minimum atomic E-state index is -0.647. The second kappa shape index (κ2) is 11.2. The summed E-state index contributed by atoms with van der Waals surface area (Å²) < 4.78 is 38.9. The number of benzene rings is 2. The van der Waals surface area contributed by atoms with Crippen molar-refractivity contribution in [1.82, 2.24) is 20.2 Å². The molecule has 12 heteroatoms. The van der Waals surface area contributed by atoms with Crippen LogP contribution in [0.2, 0.25) is 5.02 Å². The van der Waals surface area contributed by atoms with Crippen LogP contribution >= 0.6 is 22.9 Å². The van der Waals surface area contributed by atoms with Crippen LogP contribution in [0.15, 0.2) is 18.2 Å². The SMILES string of the molecule is CC1C[C@@H]1Nc1sc2c(F)ccc(-c3c(Cl)cc4c(N5CC6CCC(C5)N6)nc(OC[C@]5(C)CCCN5C)nc4c3F)c2c1C#N. The predicted molar refractivity (Wildman–Crippen MR) is 179 cm³/mol. The molecule has 2 aromatic carbocycles. The molecule has 3 saturated heterocycles. The second-order valence-corrected chi connectivity index (χ2v) is 15.2. The lowest BCUT2D eigenvalue weighted by Crippen LogP contribution is -2.51. The minimum Gasteiger partial charge on any atom is -0.461 e. The highest BCUT2D eigenvalue weighted by Crippen LogP contribution is 2.48. The summed E-state index contributed by atoms with van der Waals surface area (Å²) >= 11 is 8.13. The largest absolute Gasteiger partial charge is 0.461 e. The van der Waals surface area contributed by atoms with E-state index in [9.17, 15) is 5.26 Å². The summed E-state index contributed by atoms with van der Waals surface area (Å²) in [6.07, 6.45) is 5.21. The van der Waals surface area contributed by atoms with Gasteiger partial charge in [-0.1, -0.05) is 24.6 Å². The Bertz CT molecular complexity index is 1920. The number of halogens is 3. The van der Waals surface area contributed by atoms with Crippen LogP contribution in [0.5, 0.6) is 6.01 Å². The molecule has 5 heterocycles. The molecule has 240 valence electrons. The molecule has 2 aromatic heterocycles. The van der Waals surface area contributed by atoms with Crippen molar-refractivity contribution in [3.8, 4) is 23.2 Å². The van der Waals surface area contributed by atoms with Crippen LogP contribution in [0, 0.1) is 28.9 Å². The standard InChI is InChI=1S/C34H36ClF2N7OS/c1-17-11-25(17)40-32-22(13-38)26-20(7-8-24(36)30(26)46-32)27-23(35)12-21-29(28(27)37)41-33(45-16-34(2)9-4-10-43(34)3)42-31(21)44-14-18-5-6-19(15-44)39-18/h7-8,12,17-19,25,39-40H,4-6,9-11,14-16H2,1-3H3/t17?,18?,19?,25-,34-/m0/s1. The van der Waals surface area contributed by atoms with E-state index in [1.807, 2.05) is 0 Å². The molecule has 1 saturated carbocycles. The first-order valence-electron chi connectivity index (χ1n) is 16.1. The van der Waals surface area contributed by atoms with Crippen molar-refractivity contribution in [2.75, 3.05) is 43.5 Å². The number of nitriles is 1. The van der Waals surface area contributed by atoms with Crippen LogP contribution in [-0.2, 0) is 0 Å². The first kappa shape index (κ1) is 30.1. The maximum absolute atomic E-state index is 17.1. The van der Waals surface area contributed by atoms with Gasteiger partial charge in [-0.25, -0.2) is 8.78 Å². The van der Waals surface area contributed by atoms with Gasteiger partial charge in [-0.15, -0.1) is 11.3 Å². The van der Waals surface area contributed by atoms with Gasteiger partial charge in [-0.3, -0.25) is 4.90 Å². The summed E-state index contributed by atoms with van der Waals surface area (Å²) in [5, 5.41) is 18.9. The number of nitrogens with one attached hydrogen (secondary N) is 2. The number of rotatable bonds is 7. The normalized spacial score (nSPS) is 27.5. The van der Waals surface area contributed by atoms with Gasteiger partial charge >= 0.3 is 6.01 Å². The maximum atomic E-state index is 17.1. The molecule has 8 rings (SSSR count). The number of anilines is 2. The van der Waals surface area contributed by atoms with Crippen LogP contribution in [0.1, 0.15) is 51.5 Å². The summed E-state index contributed by atoms with van der Waals surface area (Å²) in [4.78, 5) is 14.0. The van der Waals surface area contributed by atoms with E-state index in [2.05, 4.69) is 52.4 Å². The van der Waals surface area contributed by atoms with Crippen molar-refractivity contribution in [2.45, 2.75) is 69.6 Å². The molecule has 0 radical (unpaired) electrons. The number of fused-ring (bicyclic) bond motifs is 4. The summed E-state index contributed by atoms with van der Waals surface area (Å²) in [6.45, 7) is 7.11. The lowest BCUT2D eigenvalue weighted by atomic mass is 9.97. The Morgan fingerprint density at radius 1 is 1.24 bits per heavy atom. The number of ether oxygens (including phenoxy) is 1. The highest BCUT2D eigenvalue weighted by atomic mass is 35.5. The molecule has 0 amide bonds. The van der Waals surface area contributed by atoms with Gasteiger partial charge in [-0.2, -0.15) is 15.2 Å². The van der Waals surface area contributed by atoms with Gasteiger partial charge in [0.25, 0.3) is 0 Å². The molecule has 8 nitrogen and oxygen atoms in total. The Hall–Kier alpha value is -3.30. The average molecular weight is 664 g/mol. The lowest BCUT2D eigenvalue weighted by Gasteiger charge is -2.35. The fourth-order valence-corrected chi connectivity index (χ4v) is 8.96. The smallest absolute Gasteiger partial charge is 0.319 e. The fourth-order valence-electron chi connectivity index (χ4n) is 7.52. The van der Waals surface area contributed by atoms with Crippen LogP contribution in [0.4, 0.5) is 19.6 Å². The van der Waals surface area contributed by atoms with E-state index < -0.39 is 11.6 Å². The van der Waals surface area contributed by atoms with E-state index in [1.165, 1.54) is 23.5 Å². The molecule has 1 aliphatic carbocycles. The Balaban J connectivity index is 1.29. The molecule has 5 atom stereocenters. The Kier molecular flexibility index (Phi) is 7.29. The lowest BCUT2D eigenvalue weighted by molar-refractivity contribution is 0.108. The molecule has 0 spiro atoms. The number of nitrogens with zero attached hydrogens (tertiary/aromatic N) is 5. The van der Waals surface area contributed by atoms with Crippen LogP contribution in [-0.4, -0.2) is 71.8 Å². The molecule has 4 aliphatic rings. The molecule has 2 bridgehead atoms. The van der Waals surface area contributed by atoms with E-state index in [0.717, 1.165) is 51.7 Å². The molecule has 46 heavy (non-hydrogen) atoms. The third-order valence-electron chi connectivity index (χ3n) is 10.6. The number of likely N-dealkylation sites (tertiary alicyclic amines) is 1. The van der Waals surface area contributed by atoms with E-state index in [0.29, 0.717) is 57.3 Å². The minimum absolute atomic E-state index is 0.0817. The molecular formula is C34H36ClF2N7OS. The molecule has 2 N–H and O–H groups in total. The van der Waals surface area contributed by atoms with Gasteiger partial charge in [0.1, 0.15) is 34.8 Å². The van der Waals surface area contributed by atoms with Crippen molar-refractivity contribution in [2.24, 2.45) is 5.92 Å². The number of aromatic nitrogens is 2. The van der Waals surface area contributed by atoms with E-state index >= 15 is 8.78 Å². The first-order valence-corrected chi connectivity index (χ1v) is 17.3. The topological polar surface area (TPSA) is 89.3 Å². The predicted octanol–water partition coefficient (Wildman–Crippen LogP) is 6.94. The van der Waals surface area contributed by atoms with Gasteiger partial charge in [-0.05, 0) is 76.2 Å². The molecule has 4 aromatic rings. The summed E-state index contributed by atoms with van der Waals surface area (Å²) in [6, 6.07) is 7.80. The molecule has 3 aliphatic heterocycles. The molecular weight excluding hydrogens is 628 g/mol. The zero-order valence-electron chi connectivity index (χ0n) is 26.1. The number of piperazine rings is 1.